The largest absolute Gasteiger partial charge is 0.467 e. The maximum absolute atomic E-state index is 12.0. The molecule has 0 aliphatic carbocycles. The number of nitrogens with zero attached hydrogens (tertiary/aromatic N) is 2. The van der Waals surface area contributed by atoms with Gasteiger partial charge in [-0.05, 0) is 36.6 Å². The summed E-state index contributed by atoms with van der Waals surface area (Å²) in [5, 5.41) is 5.99. The van der Waals surface area contributed by atoms with Crippen molar-refractivity contribution < 1.29 is 9.21 Å². The van der Waals surface area contributed by atoms with E-state index in [2.05, 4.69) is 44.8 Å². The van der Waals surface area contributed by atoms with Crippen molar-refractivity contribution in [3.63, 3.8) is 0 Å². The highest BCUT2D eigenvalue weighted by molar-refractivity contribution is 7.99. The molecule has 0 saturated carbocycles. The lowest BCUT2D eigenvalue weighted by Gasteiger charge is -2.21. The van der Waals surface area contributed by atoms with Gasteiger partial charge >= 0.3 is 0 Å². The van der Waals surface area contributed by atoms with Crippen LogP contribution in [-0.4, -0.2) is 49.2 Å². The maximum Gasteiger partial charge on any atom is 0.239 e. The monoisotopic (exact) mass is 386 g/mol. The Kier molecular flexibility index (Phi) is 7.21. The Morgan fingerprint density at radius 2 is 2.11 bits per heavy atom. The fourth-order valence-corrected chi connectivity index (χ4v) is 4.09. The van der Waals surface area contributed by atoms with Crippen LogP contribution in [0.15, 0.2) is 63.0 Å². The van der Waals surface area contributed by atoms with Crippen LogP contribution in [0.3, 0.4) is 0 Å². The Hall–Kier alpha value is -2.41. The van der Waals surface area contributed by atoms with Gasteiger partial charge in [-0.15, -0.1) is 11.8 Å². The number of hydrogen-bond acceptors (Lipinski definition) is 4. The highest BCUT2D eigenvalue weighted by Gasteiger charge is 2.25. The number of hydrogen-bond donors (Lipinski definition) is 2. The number of rotatable bonds is 7. The lowest BCUT2D eigenvalue weighted by atomic mass is 10.2. The first-order valence-corrected chi connectivity index (χ1v) is 10.2. The Morgan fingerprint density at radius 1 is 1.26 bits per heavy atom. The molecular formula is C20H26N4O2S. The van der Waals surface area contributed by atoms with Crippen LogP contribution in [0.1, 0.15) is 12.2 Å². The van der Waals surface area contributed by atoms with Gasteiger partial charge in [0.25, 0.3) is 0 Å². The lowest BCUT2D eigenvalue weighted by molar-refractivity contribution is -0.120. The number of likely N-dealkylation sites (tertiary alicyclic amines) is 1. The summed E-state index contributed by atoms with van der Waals surface area (Å²) in [4.78, 5) is 19.9. The molecule has 0 radical (unpaired) electrons. The topological polar surface area (TPSA) is 69.9 Å². The molecule has 144 valence electrons. The first-order valence-electron chi connectivity index (χ1n) is 9.17. The van der Waals surface area contributed by atoms with Crippen LogP contribution in [0.2, 0.25) is 0 Å². The fourth-order valence-electron chi connectivity index (χ4n) is 3.04. The van der Waals surface area contributed by atoms with E-state index in [4.69, 9.17) is 4.42 Å². The predicted octanol–water partition coefficient (Wildman–Crippen LogP) is 2.59. The quantitative estimate of drug-likeness (QED) is 0.435. The minimum Gasteiger partial charge on any atom is -0.467 e. The summed E-state index contributed by atoms with van der Waals surface area (Å²) in [6.07, 6.45) is 2.74. The van der Waals surface area contributed by atoms with Crippen LogP contribution in [0, 0.1) is 5.92 Å². The molecular weight excluding hydrogens is 360 g/mol. The summed E-state index contributed by atoms with van der Waals surface area (Å²) in [6.45, 7) is 2.53. The van der Waals surface area contributed by atoms with E-state index in [9.17, 15) is 4.79 Å². The van der Waals surface area contributed by atoms with E-state index in [0.717, 1.165) is 37.0 Å². The SMILES string of the molecule is CN=C(NCC(=O)NCc1ccco1)N1CCC(CSc2ccccc2)C1. The van der Waals surface area contributed by atoms with Crippen molar-refractivity contribution in [1.29, 1.82) is 0 Å². The zero-order valence-corrected chi connectivity index (χ0v) is 16.4. The molecule has 0 spiro atoms. The molecule has 1 aliphatic heterocycles. The molecule has 1 aromatic heterocycles. The van der Waals surface area contributed by atoms with Crippen molar-refractivity contribution in [3.8, 4) is 0 Å². The molecule has 2 aromatic rings. The molecule has 3 rings (SSSR count). The van der Waals surface area contributed by atoms with Gasteiger partial charge in [-0.2, -0.15) is 0 Å². The zero-order chi connectivity index (χ0) is 18.9. The number of amides is 1. The van der Waals surface area contributed by atoms with Crippen LogP contribution in [0.5, 0.6) is 0 Å². The minimum atomic E-state index is -0.0806. The molecule has 6 nitrogen and oxygen atoms in total. The summed E-state index contributed by atoms with van der Waals surface area (Å²) < 4.78 is 5.21. The number of aliphatic imine (C=N–C) groups is 1. The molecule has 27 heavy (non-hydrogen) atoms. The summed E-state index contributed by atoms with van der Waals surface area (Å²) in [5.41, 5.74) is 0. The molecule has 1 aliphatic rings. The van der Waals surface area contributed by atoms with E-state index in [1.807, 2.05) is 30.0 Å². The van der Waals surface area contributed by atoms with E-state index in [1.165, 1.54) is 4.90 Å². The molecule has 1 fully saturated rings. The average molecular weight is 387 g/mol. The van der Waals surface area contributed by atoms with Gasteiger partial charge in [-0.25, -0.2) is 0 Å². The lowest BCUT2D eigenvalue weighted by Crippen LogP contribution is -2.44. The first kappa shape index (κ1) is 19.4. The number of thioether (sulfide) groups is 1. The number of nitrogens with one attached hydrogen (secondary N) is 2. The molecule has 1 aromatic carbocycles. The predicted molar refractivity (Wildman–Crippen MR) is 109 cm³/mol. The van der Waals surface area contributed by atoms with Gasteiger partial charge in [0.15, 0.2) is 5.96 Å². The third kappa shape index (κ3) is 6.06. The zero-order valence-electron chi connectivity index (χ0n) is 15.6. The first-order chi connectivity index (χ1) is 13.2. The Bertz CT molecular complexity index is 734. The van der Waals surface area contributed by atoms with E-state index >= 15 is 0 Å². The summed E-state index contributed by atoms with van der Waals surface area (Å²) in [5.74, 6) is 3.17. The highest BCUT2D eigenvalue weighted by atomic mass is 32.2. The van der Waals surface area contributed by atoms with Crippen LogP contribution in [0.25, 0.3) is 0 Å². The molecule has 2 heterocycles. The molecule has 0 bridgehead atoms. The maximum atomic E-state index is 12.0. The molecule has 1 amide bonds. The van der Waals surface area contributed by atoms with Crippen molar-refractivity contribution in [2.75, 3.05) is 32.4 Å². The summed E-state index contributed by atoms with van der Waals surface area (Å²) in [6, 6.07) is 14.1. The second-order valence-electron chi connectivity index (χ2n) is 6.48. The van der Waals surface area contributed by atoms with E-state index in [1.54, 1.807) is 13.3 Å². The number of guanidine groups is 1. The molecule has 1 atom stereocenters. The van der Waals surface area contributed by atoms with Gasteiger partial charge in [0, 0.05) is 30.8 Å². The van der Waals surface area contributed by atoms with Crippen molar-refractivity contribution in [3.05, 3.63) is 54.5 Å². The summed E-state index contributed by atoms with van der Waals surface area (Å²) in [7, 11) is 1.76. The van der Waals surface area contributed by atoms with Gasteiger partial charge in [0.1, 0.15) is 5.76 Å². The second-order valence-corrected chi connectivity index (χ2v) is 7.58. The molecule has 1 unspecified atom stereocenters. The average Bonchev–Trinajstić information content (AvgIpc) is 3.38. The van der Waals surface area contributed by atoms with E-state index in [-0.39, 0.29) is 12.5 Å². The molecule has 1 saturated heterocycles. The van der Waals surface area contributed by atoms with Gasteiger partial charge in [-0.3, -0.25) is 9.79 Å². The Morgan fingerprint density at radius 3 is 2.85 bits per heavy atom. The van der Waals surface area contributed by atoms with Crippen LogP contribution >= 0.6 is 11.8 Å². The Labute approximate surface area is 164 Å². The number of benzene rings is 1. The number of furan rings is 1. The third-order valence-electron chi connectivity index (χ3n) is 4.47. The smallest absolute Gasteiger partial charge is 0.239 e. The van der Waals surface area contributed by atoms with Gasteiger partial charge in [-0.1, -0.05) is 18.2 Å². The molecule has 7 heteroatoms. The van der Waals surface area contributed by atoms with Gasteiger partial charge < -0.3 is 20.0 Å². The van der Waals surface area contributed by atoms with Crippen molar-refractivity contribution in [2.24, 2.45) is 10.9 Å². The number of carbonyl (C=O) groups excluding carboxylic acids is 1. The highest BCUT2D eigenvalue weighted by Crippen LogP contribution is 2.25. The normalized spacial score (nSPS) is 17.1. The van der Waals surface area contributed by atoms with Crippen LogP contribution in [-0.2, 0) is 11.3 Å². The van der Waals surface area contributed by atoms with Crippen LogP contribution < -0.4 is 10.6 Å². The van der Waals surface area contributed by atoms with Crippen molar-refractivity contribution in [1.82, 2.24) is 15.5 Å². The van der Waals surface area contributed by atoms with Crippen molar-refractivity contribution in [2.45, 2.75) is 17.9 Å². The van der Waals surface area contributed by atoms with Gasteiger partial charge in [0.2, 0.25) is 5.91 Å². The minimum absolute atomic E-state index is 0.0806. The standard InChI is InChI=1S/C20H26N4O2S/c1-21-20(23-13-19(25)22-12-17-6-5-11-26-17)24-10-9-16(14-24)15-27-18-7-3-2-4-8-18/h2-8,11,16H,9-10,12-15H2,1H3,(H,21,23)(H,22,25). The summed E-state index contributed by atoms with van der Waals surface area (Å²) >= 11 is 1.90. The van der Waals surface area contributed by atoms with E-state index < -0.39 is 0 Å². The molecule has 2 N–H and O–H groups in total. The van der Waals surface area contributed by atoms with Crippen molar-refractivity contribution >= 4 is 23.6 Å². The van der Waals surface area contributed by atoms with Crippen LogP contribution in [0.4, 0.5) is 0 Å². The number of carbonyl (C=O) groups is 1. The third-order valence-corrected chi connectivity index (χ3v) is 5.72. The Balaban J connectivity index is 1.38. The fraction of sp³-hybridized carbons (Fsp3) is 0.400. The van der Waals surface area contributed by atoms with E-state index in [0.29, 0.717) is 12.5 Å². The second kappa shape index (κ2) is 10.1. The van der Waals surface area contributed by atoms with Gasteiger partial charge in [0.05, 0.1) is 19.4 Å².